The summed E-state index contributed by atoms with van der Waals surface area (Å²) < 4.78 is 0. The number of benzene rings is 2. The Balaban J connectivity index is 2.01. The summed E-state index contributed by atoms with van der Waals surface area (Å²) in [6.45, 7) is 1.97. The van der Waals surface area contributed by atoms with Crippen LogP contribution < -0.4 is 5.32 Å². The van der Waals surface area contributed by atoms with Gasteiger partial charge in [0, 0.05) is 17.5 Å². The van der Waals surface area contributed by atoms with E-state index < -0.39 is 0 Å². The number of alkyl halides is 1. The van der Waals surface area contributed by atoms with E-state index in [0.29, 0.717) is 11.4 Å². The van der Waals surface area contributed by atoms with Crippen LogP contribution in [0.2, 0.25) is 0 Å². The van der Waals surface area contributed by atoms with Crippen molar-refractivity contribution in [2.45, 2.75) is 19.4 Å². The van der Waals surface area contributed by atoms with Gasteiger partial charge >= 0.3 is 0 Å². The number of amides is 1. The van der Waals surface area contributed by atoms with Crippen LogP contribution in [0.1, 0.15) is 21.5 Å². The van der Waals surface area contributed by atoms with Crippen molar-refractivity contribution in [1.29, 1.82) is 0 Å². The average molecular weight is 288 g/mol. The van der Waals surface area contributed by atoms with Gasteiger partial charge in [0.2, 0.25) is 0 Å². The molecule has 20 heavy (non-hydrogen) atoms. The van der Waals surface area contributed by atoms with Gasteiger partial charge in [-0.25, -0.2) is 0 Å². The Morgan fingerprint density at radius 1 is 1.15 bits per heavy atom. The van der Waals surface area contributed by atoms with Gasteiger partial charge in [0.25, 0.3) is 5.91 Å². The largest absolute Gasteiger partial charge is 0.348 e. The monoisotopic (exact) mass is 287 g/mol. The van der Waals surface area contributed by atoms with E-state index in [4.69, 9.17) is 11.6 Å². The Hall–Kier alpha value is -1.80. The van der Waals surface area contributed by atoms with E-state index in [2.05, 4.69) is 5.32 Å². The van der Waals surface area contributed by atoms with Gasteiger partial charge in [-0.3, -0.25) is 4.79 Å². The lowest BCUT2D eigenvalue weighted by Gasteiger charge is -2.16. The Bertz CT molecular complexity index is 568. The molecule has 0 heterocycles. The molecule has 104 valence electrons. The van der Waals surface area contributed by atoms with Crippen LogP contribution in [0.5, 0.6) is 0 Å². The van der Waals surface area contributed by atoms with Crippen LogP contribution in [0.4, 0.5) is 0 Å². The highest BCUT2D eigenvalue weighted by Gasteiger charge is 2.13. The quantitative estimate of drug-likeness (QED) is 0.837. The van der Waals surface area contributed by atoms with E-state index in [9.17, 15) is 4.79 Å². The van der Waals surface area contributed by atoms with Crippen LogP contribution in [0, 0.1) is 6.92 Å². The van der Waals surface area contributed by atoms with Crippen LogP contribution >= 0.6 is 11.6 Å². The molecule has 0 aliphatic heterocycles. The lowest BCUT2D eigenvalue weighted by molar-refractivity contribution is 0.0940. The third-order valence-corrected chi connectivity index (χ3v) is 3.50. The molecule has 3 heteroatoms. The molecule has 0 fully saturated rings. The van der Waals surface area contributed by atoms with Crippen LogP contribution in [0.25, 0.3) is 0 Å². The SMILES string of the molecule is Cc1cccc(C(=O)N[C@H](CCl)Cc2ccccc2)c1. The van der Waals surface area contributed by atoms with Crippen LogP contribution in [0.15, 0.2) is 54.6 Å². The predicted molar refractivity (Wildman–Crippen MR) is 83.3 cm³/mol. The van der Waals surface area contributed by atoms with Crippen molar-refractivity contribution in [2.24, 2.45) is 0 Å². The molecule has 1 atom stereocenters. The van der Waals surface area contributed by atoms with Gasteiger partial charge < -0.3 is 5.32 Å². The van der Waals surface area contributed by atoms with E-state index in [1.165, 1.54) is 5.56 Å². The van der Waals surface area contributed by atoms with Crippen LogP contribution in [0.3, 0.4) is 0 Å². The fourth-order valence-electron chi connectivity index (χ4n) is 2.10. The first kappa shape index (κ1) is 14.6. The van der Waals surface area contributed by atoms with Gasteiger partial charge in [-0.15, -0.1) is 11.6 Å². The topological polar surface area (TPSA) is 29.1 Å². The molecular formula is C17H18ClNO. The van der Waals surface area contributed by atoms with Crippen molar-refractivity contribution in [3.63, 3.8) is 0 Å². The van der Waals surface area contributed by atoms with Gasteiger partial charge in [-0.2, -0.15) is 0 Å². The fraction of sp³-hybridized carbons (Fsp3) is 0.235. The number of hydrogen-bond acceptors (Lipinski definition) is 1. The third-order valence-electron chi connectivity index (χ3n) is 3.13. The maximum absolute atomic E-state index is 12.2. The Morgan fingerprint density at radius 3 is 2.55 bits per heavy atom. The van der Waals surface area contributed by atoms with Crippen molar-refractivity contribution in [1.82, 2.24) is 5.32 Å². The molecule has 0 bridgehead atoms. The second kappa shape index (κ2) is 7.11. The summed E-state index contributed by atoms with van der Waals surface area (Å²) in [4.78, 5) is 12.2. The molecular weight excluding hydrogens is 270 g/mol. The van der Waals surface area contributed by atoms with E-state index >= 15 is 0 Å². The molecule has 0 saturated carbocycles. The number of rotatable bonds is 5. The maximum atomic E-state index is 12.2. The molecule has 2 aromatic carbocycles. The van der Waals surface area contributed by atoms with Gasteiger partial charge in [0.05, 0.1) is 0 Å². The van der Waals surface area contributed by atoms with E-state index in [-0.39, 0.29) is 11.9 Å². The van der Waals surface area contributed by atoms with E-state index in [1.807, 2.05) is 61.5 Å². The van der Waals surface area contributed by atoms with Crippen molar-refractivity contribution in [2.75, 3.05) is 5.88 Å². The second-order valence-electron chi connectivity index (χ2n) is 4.88. The van der Waals surface area contributed by atoms with Gasteiger partial charge in [0.1, 0.15) is 0 Å². The molecule has 1 amide bonds. The van der Waals surface area contributed by atoms with Gasteiger partial charge in [-0.05, 0) is 31.0 Å². The van der Waals surface area contributed by atoms with Crippen molar-refractivity contribution < 1.29 is 4.79 Å². The normalized spacial score (nSPS) is 11.9. The highest BCUT2D eigenvalue weighted by molar-refractivity contribution is 6.18. The first-order valence-corrected chi connectivity index (χ1v) is 7.20. The molecule has 2 nitrogen and oxygen atoms in total. The number of carbonyl (C=O) groups excluding carboxylic acids is 1. The summed E-state index contributed by atoms with van der Waals surface area (Å²) >= 11 is 5.97. The highest BCUT2D eigenvalue weighted by Crippen LogP contribution is 2.07. The standard InChI is InChI=1S/C17H18ClNO/c1-13-6-5-9-15(10-13)17(20)19-16(12-18)11-14-7-3-2-4-8-14/h2-10,16H,11-12H2,1H3,(H,19,20)/t16-/m0/s1. The van der Waals surface area contributed by atoms with E-state index in [0.717, 1.165) is 12.0 Å². The first-order chi connectivity index (χ1) is 9.69. The number of carbonyl (C=O) groups is 1. The molecule has 0 spiro atoms. The summed E-state index contributed by atoms with van der Waals surface area (Å²) in [5.41, 5.74) is 2.92. The first-order valence-electron chi connectivity index (χ1n) is 6.66. The average Bonchev–Trinajstić information content (AvgIpc) is 2.47. The molecule has 2 rings (SSSR count). The highest BCUT2D eigenvalue weighted by atomic mass is 35.5. The third kappa shape index (κ3) is 4.10. The Labute approximate surface area is 124 Å². The summed E-state index contributed by atoms with van der Waals surface area (Å²) in [7, 11) is 0. The van der Waals surface area contributed by atoms with Crippen molar-refractivity contribution in [3.8, 4) is 0 Å². The molecule has 0 radical (unpaired) electrons. The lowest BCUT2D eigenvalue weighted by atomic mass is 10.1. The minimum Gasteiger partial charge on any atom is -0.348 e. The number of nitrogens with one attached hydrogen (secondary N) is 1. The molecule has 0 aliphatic carbocycles. The smallest absolute Gasteiger partial charge is 0.251 e. The summed E-state index contributed by atoms with van der Waals surface area (Å²) in [6.07, 6.45) is 0.738. The molecule has 0 saturated heterocycles. The second-order valence-corrected chi connectivity index (χ2v) is 5.19. The number of aryl methyl sites for hydroxylation is 1. The minimum absolute atomic E-state index is 0.0629. The summed E-state index contributed by atoms with van der Waals surface area (Å²) in [5, 5.41) is 2.99. The number of hydrogen-bond donors (Lipinski definition) is 1. The Morgan fingerprint density at radius 2 is 1.90 bits per heavy atom. The lowest BCUT2D eigenvalue weighted by Crippen LogP contribution is -2.37. The molecule has 0 unspecified atom stereocenters. The summed E-state index contributed by atoms with van der Waals surface area (Å²) in [6, 6.07) is 17.5. The van der Waals surface area contributed by atoms with Crippen molar-refractivity contribution in [3.05, 3.63) is 71.3 Å². The Kier molecular flexibility index (Phi) is 5.19. The molecule has 0 aliphatic rings. The van der Waals surface area contributed by atoms with E-state index in [1.54, 1.807) is 0 Å². The molecule has 2 aromatic rings. The zero-order chi connectivity index (χ0) is 14.4. The minimum atomic E-state index is -0.0738. The zero-order valence-corrected chi connectivity index (χ0v) is 12.2. The summed E-state index contributed by atoms with van der Waals surface area (Å²) in [5.74, 6) is 0.321. The fourth-order valence-corrected chi connectivity index (χ4v) is 2.28. The predicted octanol–water partition coefficient (Wildman–Crippen LogP) is 3.57. The van der Waals surface area contributed by atoms with Gasteiger partial charge in [-0.1, -0.05) is 48.0 Å². The van der Waals surface area contributed by atoms with Crippen LogP contribution in [-0.4, -0.2) is 17.8 Å². The maximum Gasteiger partial charge on any atom is 0.251 e. The van der Waals surface area contributed by atoms with Gasteiger partial charge in [0.15, 0.2) is 0 Å². The van der Waals surface area contributed by atoms with Crippen LogP contribution in [-0.2, 0) is 6.42 Å². The van der Waals surface area contributed by atoms with Crippen molar-refractivity contribution >= 4 is 17.5 Å². The number of halogens is 1. The molecule has 1 N–H and O–H groups in total. The molecule has 0 aromatic heterocycles. The zero-order valence-electron chi connectivity index (χ0n) is 11.5.